The highest BCUT2D eigenvalue weighted by Gasteiger charge is 2.13. The van der Waals surface area contributed by atoms with Crippen molar-refractivity contribution >= 4 is 21.7 Å². The number of benzene rings is 1. The Morgan fingerprint density at radius 1 is 1.21 bits per heavy atom. The summed E-state index contributed by atoms with van der Waals surface area (Å²) in [5.74, 6) is -1.07. The van der Waals surface area contributed by atoms with Gasteiger partial charge in [-0.25, -0.2) is 18.7 Å². The van der Waals surface area contributed by atoms with Gasteiger partial charge < -0.3 is 10.5 Å². The van der Waals surface area contributed by atoms with E-state index in [1.54, 1.807) is 0 Å². The average Bonchev–Trinajstić information content (AvgIpc) is 2.33. The van der Waals surface area contributed by atoms with Crippen molar-refractivity contribution in [1.29, 1.82) is 0 Å². The number of anilines is 1. The van der Waals surface area contributed by atoms with Crippen molar-refractivity contribution in [2.24, 2.45) is 0 Å². The molecule has 100 valence electrons. The van der Waals surface area contributed by atoms with Crippen molar-refractivity contribution in [2.75, 3.05) is 12.8 Å². The molecule has 0 bridgehead atoms. The quantitative estimate of drug-likeness (QED) is 0.940. The molecule has 0 spiro atoms. The summed E-state index contributed by atoms with van der Waals surface area (Å²) < 4.78 is 31.8. The van der Waals surface area contributed by atoms with Gasteiger partial charge in [0.15, 0.2) is 5.82 Å². The SMILES string of the molecule is COCc1nc(-c2cc(F)cc(F)c2)nc(N)c1Br. The summed E-state index contributed by atoms with van der Waals surface area (Å²) in [6, 6.07) is 3.06. The Balaban J connectivity index is 2.55. The monoisotopic (exact) mass is 329 g/mol. The molecule has 1 aromatic heterocycles. The van der Waals surface area contributed by atoms with Crippen molar-refractivity contribution in [2.45, 2.75) is 6.61 Å². The van der Waals surface area contributed by atoms with Crippen LogP contribution in [-0.4, -0.2) is 17.1 Å². The summed E-state index contributed by atoms with van der Waals surface area (Å²) >= 11 is 3.24. The first-order chi connectivity index (χ1) is 9.01. The van der Waals surface area contributed by atoms with E-state index in [2.05, 4.69) is 25.9 Å². The van der Waals surface area contributed by atoms with Gasteiger partial charge in [0.05, 0.1) is 16.8 Å². The predicted octanol–water partition coefficient (Wildman–Crippen LogP) is 2.91. The highest BCUT2D eigenvalue weighted by molar-refractivity contribution is 9.10. The molecule has 0 radical (unpaired) electrons. The molecular weight excluding hydrogens is 320 g/mol. The molecule has 0 aliphatic rings. The third kappa shape index (κ3) is 3.05. The summed E-state index contributed by atoms with van der Waals surface area (Å²) in [5.41, 5.74) is 6.45. The topological polar surface area (TPSA) is 61.0 Å². The van der Waals surface area contributed by atoms with Crippen molar-refractivity contribution < 1.29 is 13.5 Å². The van der Waals surface area contributed by atoms with Crippen LogP contribution in [0.25, 0.3) is 11.4 Å². The van der Waals surface area contributed by atoms with E-state index in [4.69, 9.17) is 10.5 Å². The molecule has 2 rings (SSSR count). The lowest BCUT2D eigenvalue weighted by Gasteiger charge is -2.08. The van der Waals surface area contributed by atoms with Gasteiger partial charge in [0.25, 0.3) is 0 Å². The normalized spacial score (nSPS) is 10.7. The number of halogens is 3. The number of methoxy groups -OCH3 is 1. The van der Waals surface area contributed by atoms with Crippen LogP contribution in [0, 0.1) is 11.6 Å². The average molecular weight is 330 g/mol. The number of hydrogen-bond donors (Lipinski definition) is 1. The molecule has 0 saturated carbocycles. The minimum atomic E-state index is -0.701. The number of nitrogens with zero attached hydrogens (tertiary/aromatic N) is 2. The number of rotatable bonds is 3. The minimum absolute atomic E-state index is 0.145. The molecule has 0 amide bonds. The summed E-state index contributed by atoms with van der Waals surface area (Å²) in [4.78, 5) is 8.18. The third-order valence-electron chi connectivity index (χ3n) is 2.35. The lowest BCUT2D eigenvalue weighted by molar-refractivity contribution is 0.181. The number of aromatic nitrogens is 2. The number of nitrogen functional groups attached to an aromatic ring is 1. The standard InChI is InChI=1S/C12H10BrF2N3O/c1-19-5-9-10(13)11(16)18-12(17-9)6-2-7(14)4-8(15)3-6/h2-4H,5H2,1H3,(H2,16,17,18). The van der Waals surface area contributed by atoms with Crippen LogP contribution in [-0.2, 0) is 11.3 Å². The Morgan fingerprint density at radius 3 is 2.42 bits per heavy atom. The van der Waals surface area contributed by atoms with Crippen LogP contribution in [0.3, 0.4) is 0 Å². The molecule has 0 atom stereocenters. The smallest absolute Gasteiger partial charge is 0.162 e. The molecule has 7 heteroatoms. The van der Waals surface area contributed by atoms with Crippen LogP contribution in [0.2, 0.25) is 0 Å². The van der Waals surface area contributed by atoms with Gasteiger partial charge >= 0.3 is 0 Å². The maximum atomic E-state index is 13.2. The van der Waals surface area contributed by atoms with E-state index >= 15 is 0 Å². The van der Waals surface area contributed by atoms with Gasteiger partial charge in [-0.2, -0.15) is 0 Å². The molecule has 19 heavy (non-hydrogen) atoms. The van der Waals surface area contributed by atoms with Crippen LogP contribution in [0.1, 0.15) is 5.69 Å². The molecule has 0 unspecified atom stereocenters. The van der Waals surface area contributed by atoms with Crippen LogP contribution < -0.4 is 5.73 Å². The minimum Gasteiger partial charge on any atom is -0.383 e. The van der Waals surface area contributed by atoms with E-state index in [9.17, 15) is 8.78 Å². The lowest BCUT2D eigenvalue weighted by atomic mass is 10.2. The van der Waals surface area contributed by atoms with Crippen molar-refractivity contribution in [1.82, 2.24) is 9.97 Å². The second-order valence-corrected chi connectivity index (χ2v) is 4.58. The third-order valence-corrected chi connectivity index (χ3v) is 3.21. The summed E-state index contributed by atoms with van der Waals surface area (Å²) in [5, 5.41) is 0. The van der Waals surface area contributed by atoms with Crippen molar-refractivity contribution in [3.05, 3.63) is 40.0 Å². The molecule has 2 aromatic rings. The second-order valence-electron chi connectivity index (χ2n) is 3.78. The summed E-state index contributed by atoms with van der Waals surface area (Å²) in [6.07, 6.45) is 0. The summed E-state index contributed by atoms with van der Waals surface area (Å²) in [6.45, 7) is 0.206. The lowest BCUT2D eigenvalue weighted by Crippen LogP contribution is -2.04. The van der Waals surface area contributed by atoms with E-state index in [0.717, 1.165) is 18.2 Å². The fourth-order valence-electron chi connectivity index (χ4n) is 1.56. The molecule has 2 N–H and O–H groups in total. The first-order valence-corrected chi connectivity index (χ1v) is 6.08. The Hall–Kier alpha value is -1.60. The maximum absolute atomic E-state index is 13.2. The van der Waals surface area contributed by atoms with Gasteiger partial charge in [-0.3, -0.25) is 0 Å². The fraction of sp³-hybridized carbons (Fsp3) is 0.167. The molecule has 1 heterocycles. The van der Waals surface area contributed by atoms with Crippen LogP contribution >= 0.6 is 15.9 Å². The predicted molar refractivity (Wildman–Crippen MR) is 70.2 cm³/mol. The zero-order valence-corrected chi connectivity index (χ0v) is 11.5. The van der Waals surface area contributed by atoms with Gasteiger partial charge in [0.2, 0.25) is 0 Å². The van der Waals surface area contributed by atoms with Gasteiger partial charge in [-0.05, 0) is 28.1 Å². The number of ether oxygens (including phenoxy) is 1. The molecular formula is C12H10BrF2N3O. The molecule has 0 saturated heterocycles. The van der Waals surface area contributed by atoms with Gasteiger partial charge in [0, 0.05) is 18.7 Å². The highest BCUT2D eigenvalue weighted by atomic mass is 79.9. The first-order valence-electron chi connectivity index (χ1n) is 5.28. The fourth-order valence-corrected chi connectivity index (χ4v) is 1.85. The largest absolute Gasteiger partial charge is 0.383 e. The van der Waals surface area contributed by atoms with E-state index < -0.39 is 11.6 Å². The van der Waals surface area contributed by atoms with Crippen molar-refractivity contribution in [3.8, 4) is 11.4 Å². The first kappa shape index (κ1) is 13.8. The zero-order chi connectivity index (χ0) is 14.0. The van der Waals surface area contributed by atoms with E-state index in [-0.39, 0.29) is 23.8 Å². The number of hydrogen-bond acceptors (Lipinski definition) is 4. The van der Waals surface area contributed by atoms with Crippen LogP contribution in [0.15, 0.2) is 22.7 Å². The van der Waals surface area contributed by atoms with Crippen LogP contribution in [0.4, 0.5) is 14.6 Å². The molecule has 0 aliphatic heterocycles. The highest BCUT2D eigenvalue weighted by Crippen LogP contribution is 2.26. The Morgan fingerprint density at radius 2 is 1.84 bits per heavy atom. The second kappa shape index (κ2) is 5.58. The molecule has 1 aromatic carbocycles. The summed E-state index contributed by atoms with van der Waals surface area (Å²) in [7, 11) is 1.51. The number of nitrogens with two attached hydrogens (primary N) is 1. The van der Waals surface area contributed by atoms with Crippen molar-refractivity contribution in [3.63, 3.8) is 0 Å². The molecule has 0 fully saturated rings. The van der Waals surface area contributed by atoms with Gasteiger partial charge in [-0.15, -0.1) is 0 Å². The molecule has 0 aliphatic carbocycles. The van der Waals surface area contributed by atoms with Gasteiger partial charge in [-0.1, -0.05) is 0 Å². The van der Waals surface area contributed by atoms with Crippen LogP contribution in [0.5, 0.6) is 0 Å². The zero-order valence-electron chi connectivity index (χ0n) is 9.95. The van der Waals surface area contributed by atoms with E-state index in [1.807, 2.05) is 0 Å². The Bertz CT molecular complexity index is 602. The van der Waals surface area contributed by atoms with E-state index in [0.29, 0.717) is 10.2 Å². The Labute approximate surface area is 116 Å². The Kier molecular flexibility index (Phi) is 4.06. The van der Waals surface area contributed by atoms with Gasteiger partial charge in [0.1, 0.15) is 17.5 Å². The maximum Gasteiger partial charge on any atom is 0.162 e. The van der Waals surface area contributed by atoms with E-state index in [1.165, 1.54) is 7.11 Å². The molecule has 4 nitrogen and oxygen atoms in total.